The number of aryl methyl sites for hydroxylation is 1. The Balaban J connectivity index is 2.16. The summed E-state index contributed by atoms with van der Waals surface area (Å²) < 4.78 is 0. The molecular weight excluding hydrogens is 290 g/mol. The smallest absolute Gasteiger partial charge is 0.322 e. The fourth-order valence-corrected chi connectivity index (χ4v) is 2.91. The van der Waals surface area contributed by atoms with Crippen molar-refractivity contribution in [3.05, 3.63) is 29.3 Å². The van der Waals surface area contributed by atoms with Crippen LogP contribution in [0.5, 0.6) is 0 Å². The minimum Gasteiger partial charge on any atom is -0.345 e. The zero-order valence-corrected chi connectivity index (χ0v) is 14.6. The molecule has 1 heterocycles. The highest BCUT2D eigenvalue weighted by molar-refractivity contribution is 5.97. The number of benzene rings is 1. The third-order valence-electron chi connectivity index (χ3n) is 4.45. The maximum atomic E-state index is 12.6. The lowest BCUT2D eigenvalue weighted by Gasteiger charge is -2.27. The molecule has 3 amide bonds. The van der Waals surface area contributed by atoms with Gasteiger partial charge in [0.2, 0.25) is 0 Å². The highest BCUT2D eigenvalue weighted by Crippen LogP contribution is 2.21. The number of carbonyl (C=O) groups excluding carboxylic acids is 2. The molecule has 1 aliphatic heterocycles. The molecule has 0 bridgehead atoms. The van der Waals surface area contributed by atoms with Crippen molar-refractivity contribution < 1.29 is 9.59 Å². The normalized spacial score (nSPS) is 18.3. The van der Waals surface area contributed by atoms with Crippen molar-refractivity contribution in [3.63, 3.8) is 0 Å². The Morgan fingerprint density at radius 3 is 2.65 bits per heavy atom. The first kappa shape index (κ1) is 17.3. The molecule has 1 aromatic carbocycles. The van der Waals surface area contributed by atoms with Gasteiger partial charge in [-0.25, -0.2) is 4.79 Å². The summed E-state index contributed by atoms with van der Waals surface area (Å²) in [5.74, 6) is -0.0661. The van der Waals surface area contributed by atoms with Crippen LogP contribution in [-0.2, 0) is 0 Å². The molecule has 1 fully saturated rings. The number of hydrogen-bond donors (Lipinski definition) is 1. The van der Waals surface area contributed by atoms with E-state index in [0.717, 1.165) is 24.9 Å². The van der Waals surface area contributed by atoms with Gasteiger partial charge in [-0.1, -0.05) is 18.9 Å². The summed E-state index contributed by atoms with van der Waals surface area (Å²) >= 11 is 0. The SMILES string of the molecule is Cc1ccc(C(=O)N(C)C)cc1NC(=O)N1CCCCC[C@H]1C. The molecule has 5 heteroatoms. The van der Waals surface area contributed by atoms with Gasteiger partial charge in [-0.05, 0) is 44.4 Å². The van der Waals surface area contributed by atoms with Gasteiger partial charge in [-0.2, -0.15) is 0 Å². The summed E-state index contributed by atoms with van der Waals surface area (Å²) in [7, 11) is 3.44. The Hall–Kier alpha value is -2.04. The zero-order valence-electron chi connectivity index (χ0n) is 14.6. The number of urea groups is 1. The quantitative estimate of drug-likeness (QED) is 0.907. The molecule has 1 atom stereocenters. The number of hydrogen-bond acceptors (Lipinski definition) is 2. The lowest BCUT2D eigenvalue weighted by Crippen LogP contribution is -2.41. The molecular formula is C18H27N3O2. The van der Waals surface area contributed by atoms with Crippen molar-refractivity contribution in [2.45, 2.75) is 45.6 Å². The summed E-state index contributed by atoms with van der Waals surface area (Å²) in [6, 6.07) is 5.61. The monoisotopic (exact) mass is 317 g/mol. The van der Waals surface area contributed by atoms with E-state index in [1.54, 1.807) is 26.2 Å². The molecule has 0 aromatic heterocycles. The highest BCUT2D eigenvalue weighted by atomic mass is 16.2. The summed E-state index contributed by atoms with van der Waals surface area (Å²) in [5.41, 5.74) is 2.25. The molecule has 5 nitrogen and oxygen atoms in total. The van der Waals surface area contributed by atoms with E-state index < -0.39 is 0 Å². The van der Waals surface area contributed by atoms with E-state index in [4.69, 9.17) is 0 Å². The van der Waals surface area contributed by atoms with Crippen molar-refractivity contribution in [2.24, 2.45) is 0 Å². The number of likely N-dealkylation sites (tertiary alicyclic amines) is 1. The summed E-state index contributed by atoms with van der Waals surface area (Å²) in [5, 5.41) is 2.99. The first-order chi connectivity index (χ1) is 10.9. The maximum Gasteiger partial charge on any atom is 0.322 e. The summed E-state index contributed by atoms with van der Waals surface area (Å²) in [6.07, 6.45) is 4.46. The molecule has 1 aliphatic rings. The first-order valence-corrected chi connectivity index (χ1v) is 8.30. The van der Waals surface area contributed by atoms with Gasteiger partial charge in [0.25, 0.3) is 5.91 Å². The Kier molecular flexibility index (Phi) is 5.64. The number of nitrogens with one attached hydrogen (secondary N) is 1. The minimum absolute atomic E-state index is 0.0661. The lowest BCUT2D eigenvalue weighted by molar-refractivity contribution is 0.0827. The number of rotatable bonds is 2. The second-order valence-corrected chi connectivity index (χ2v) is 6.55. The minimum atomic E-state index is -0.0723. The Morgan fingerprint density at radius 2 is 1.96 bits per heavy atom. The van der Waals surface area contributed by atoms with Gasteiger partial charge in [-0.15, -0.1) is 0 Å². The van der Waals surface area contributed by atoms with Crippen molar-refractivity contribution in [1.82, 2.24) is 9.80 Å². The summed E-state index contributed by atoms with van der Waals surface area (Å²) in [6.45, 7) is 4.83. The van der Waals surface area contributed by atoms with Crippen molar-refractivity contribution in [3.8, 4) is 0 Å². The zero-order chi connectivity index (χ0) is 17.0. The molecule has 0 unspecified atom stereocenters. The maximum absolute atomic E-state index is 12.6. The Morgan fingerprint density at radius 1 is 1.22 bits per heavy atom. The molecule has 1 saturated heterocycles. The van der Waals surface area contributed by atoms with E-state index in [1.165, 1.54) is 17.7 Å². The van der Waals surface area contributed by atoms with Gasteiger partial charge < -0.3 is 15.1 Å². The van der Waals surface area contributed by atoms with Crippen LogP contribution in [0.25, 0.3) is 0 Å². The van der Waals surface area contributed by atoms with Crippen LogP contribution in [0.3, 0.4) is 0 Å². The number of carbonyl (C=O) groups is 2. The topological polar surface area (TPSA) is 52.7 Å². The first-order valence-electron chi connectivity index (χ1n) is 8.30. The third-order valence-corrected chi connectivity index (χ3v) is 4.45. The fourth-order valence-electron chi connectivity index (χ4n) is 2.91. The molecule has 0 aliphatic carbocycles. The van der Waals surface area contributed by atoms with E-state index in [1.807, 2.05) is 17.9 Å². The molecule has 126 valence electrons. The predicted octanol–water partition coefficient (Wildman–Crippen LogP) is 3.49. The van der Waals surface area contributed by atoms with Crippen molar-refractivity contribution >= 4 is 17.6 Å². The van der Waals surface area contributed by atoms with Gasteiger partial charge >= 0.3 is 6.03 Å². The van der Waals surface area contributed by atoms with Crippen LogP contribution in [0.1, 0.15) is 48.5 Å². The van der Waals surface area contributed by atoms with E-state index in [-0.39, 0.29) is 18.0 Å². The molecule has 0 spiro atoms. The predicted molar refractivity (Wildman–Crippen MR) is 92.9 cm³/mol. The fraction of sp³-hybridized carbons (Fsp3) is 0.556. The average Bonchev–Trinajstić information content (AvgIpc) is 2.73. The molecule has 0 radical (unpaired) electrons. The van der Waals surface area contributed by atoms with Crippen molar-refractivity contribution in [1.29, 1.82) is 0 Å². The van der Waals surface area contributed by atoms with E-state index in [2.05, 4.69) is 12.2 Å². The Labute approximate surface area is 138 Å². The van der Waals surface area contributed by atoms with Gasteiger partial charge in [0.05, 0.1) is 0 Å². The largest absolute Gasteiger partial charge is 0.345 e. The van der Waals surface area contributed by atoms with Crippen molar-refractivity contribution in [2.75, 3.05) is 26.0 Å². The second-order valence-electron chi connectivity index (χ2n) is 6.55. The van der Waals surface area contributed by atoms with Crippen LogP contribution >= 0.6 is 0 Å². The molecule has 23 heavy (non-hydrogen) atoms. The molecule has 0 saturated carbocycles. The van der Waals surface area contributed by atoms with Gasteiger partial charge in [0.15, 0.2) is 0 Å². The van der Waals surface area contributed by atoms with Crippen LogP contribution in [-0.4, -0.2) is 48.4 Å². The molecule has 2 rings (SSSR count). The van der Waals surface area contributed by atoms with E-state index in [9.17, 15) is 9.59 Å². The van der Waals surface area contributed by atoms with E-state index >= 15 is 0 Å². The van der Waals surface area contributed by atoms with Crippen LogP contribution in [0, 0.1) is 6.92 Å². The Bertz CT molecular complexity index is 584. The van der Waals surface area contributed by atoms with Crippen LogP contribution in [0.15, 0.2) is 18.2 Å². The van der Waals surface area contributed by atoms with Crippen LogP contribution < -0.4 is 5.32 Å². The average molecular weight is 317 g/mol. The summed E-state index contributed by atoms with van der Waals surface area (Å²) in [4.78, 5) is 28.2. The number of amides is 3. The standard InChI is InChI=1S/C18H27N3O2/c1-13-9-10-15(17(22)20(3)4)12-16(13)19-18(23)21-11-7-5-6-8-14(21)2/h9-10,12,14H,5-8,11H2,1-4H3,(H,19,23)/t14-/m1/s1. The molecule has 1 aromatic rings. The van der Waals surface area contributed by atoms with Crippen LogP contribution in [0.2, 0.25) is 0 Å². The van der Waals surface area contributed by atoms with Crippen LogP contribution in [0.4, 0.5) is 10.5 Å². The lowest BCUT2D eigenvalue weighted by atomic mass is 10.1. The van der Waals surface area contributed by atoms with Gasteiger partial charge in [-0.3, -0.25) is 4.79 Å². The number of anilines is 1. The van der Waals surface area contributed by atoms with Gasteiger partial charge in [0.1, 0.15) is 0 Å². The third kappa shape index (κ3) is 4.24. The van der Waals surface area contributed by atoms with Gasteiger partial charge in [0, 0.05) is 37.9 Å². The molecule has 1 N–H and O–H groups in total. The second kappa shape index (κ2) is 7.49. The highest BCUT2D eigenvalue weighted by Gasteiger charge is 2.22. The van der Waals surface area contributed by atoms with E-state index in [0.29, 0.717) is 11.3 Å². The number of nitrogens with zero attached hydrogens (tertiary/aromatic N) is 2.